The van der Waals surface area contributed by atoms with E-state index in [2.05, 4.69) is 28.8 Å². The Labute approximate surface area is 103 Å². The van der Waals surface area contributed by atoms with Gasteiger partial charge in [-0.25, -0.2) is 0 Å². The van der Waals surface area contributed by atoms with Gasteiger partial charge >= 0.3 is 0 Å². The van der Waals surface area contributed by atoms with Gasteiger partial charge in [0, 0.05) is 30.3 Å². The number of fused-ring (bicyclic) bond motifs is 1. The molecule has 1 atom stereocenters. The molecule has 92 valence electrons. The molecule has 1 unspecified atom stereocenters. The van der Waals surface area contributed by atoms with Crippen molar-refractivity contribution in [1.29, 1.82) is 0 Å². The smallest absolute Gasteiger partial charge is 0.124 e. The highest BCUT2D eigenvalue weighted by Crippen LogP contribution is 2.31. The first-order valence-electron chi connectivity index (χ1n) is 6.63. The molecule has 1 saturated heterocycles. The molecule has 0 aliphatic carbocycles. The van der Waals surface area contributed by atoms with Crippen molar-refractivity contribution < 1.29 is 4.74 Å². The molecule has 1 aromatic carbocycles. The third kappa shape index (κ3) is 2.39. The van der Waals surface area contributed by atoms with Crippen LogP contribution in [-0.4, -0.2) is 26.2 Å². The summed E-state index contributed by atoms with van der Waals surface area (Å²) < 4.78 is 6.01. The lowest BCUT2D eigenvalue weighted by Crippen LogP contribution is -2.33. The number of ether oxygens (including phenoxy) is 1. The van der Waals surface area contributed by atoms with E-state index in [1.807, 2.05) is 0 Å². The van der Waals surface area contributed by atoms with E-state index in [9.17, 15) is 0 Å². The third-order valence-electron chi connectivity index (χ3n) is 3.70. The fourth-order valence-electron chi connectivity index (χ4n) is 2.72. The molecule has 0 amide bonds. The predicted molar refractivity (Wildman–Crippen MR) is 69.7 cm³/mol. The van der Waals surface area contributed by atoms with Gasteiger partial charge in [-0.1, -0.05) is 6.07 Å². The Balaban J connectivity index is 1.63. The van der Waals surface area contributed by atoms with Crippen LogP contribution in [0, 0.1) is 5.92 Å². The van der Waals surface area contributed by atoms with Crippen LogP contribution in [0.15, 0.2) is 18.2 Å². The fourth-order valence-corrected chi connectivity index (χ4v) is 2.72. The van der Waals surface area contributed by atoms with Gasteiger partial charge in [0.1, 0.15) is 5.75 Å². The molecule has 3 rings (SSSR count). The van der Waals surface area contributed by atoms with E-state index in [-0.39, 0.29) is 0 Å². The second-order valence-corrected chi connectivity index (χ2v) is 4.98. The van der Waals surface area contributed by atoms with Crippen molar-refractivity contribution in [3.8, 4) is 5.75 Å². The van der Waals surface area contributed by atoms with Crippen molar-refractivity contribution in [3.05, 3.63) is 23.8 Å². The zero-order chi connectivity index (χ0) is 11.5. The molecule has 3 nitrogen and oxygen atoms in total. The van der Waals surface area contributed by atoms with Crippen LogP contribution in [0.5, 0.6) is 5.75 Å². The van der Waals surface area contributed by atoms with Crippen LogP contribution in [-0.2, 0) is 6.42 Å². The van der Waals surface area contributed by atoms with Crippen LogP contribution < -0.4 is 15.4 Å². The number of anilines is 1. The van der Waals surface area contributed by atoms with E-state index in [0.29, 0.717) is 5.92 Å². The lowest BCUT2D eigenvalue weighted by atomic mass is 10.0. The van der Waals surface area contributed by atoms with Gasteiger partial charge in [-0.2, -0.15) is 0 Å². The van der Waals surface area contributed by atoms with Gasteiger partial charge in [0.05, 0.1) is 6.61 Å². The average molecular weight is 232 g/mol. The maximum atomic E-state index is 6.01. The number of piperidine rings is 1. The van der Waals surface area contributed by atoms with E-state index < -0.39 is 0 Å². The van der Waals surface area contributed by atoms with Crippen LogP contribution in [0.2, 0.25) is 0 Å². The number of rotatable bonds is 3. The predicted octanol–water partition coefficient (Wildman–Crippen LogP) is 2.03. The second-order valence-electron chi connectivity index (χ2n) is 4.98. The molecule has 2 aliphatic rings. The minimum absolute atomic E-state index is 0.675. The number of hydrogen-bond acceptors (Lipinski definition) is 3. The van der Waals surface area contributed by atoms with Crippen LogP contribution in [0.4, 0.5) is 5.69 Å². The van der Waals surface area contributed by atoms with Gasteiger partial charge in [-0.05, 0) is 37.9 Å². The van der Waals surface area contributed by atoms with Crippen molar-refractivity contribution in [2.24, 2.45) is 5.92 Å². The second kappa shape index (κ2) is 4.96. The average Bonchev–Trinajstić information content (AvgIpc) is 2.86. The zero-order valence-corrected chi connectivity index (χ0v) is 10.2. The highest BCUT2D eigenvalue weighted by molar-refractivity contribution is 5.61. The summed E-state index contributed by atoms with van der Waals surface area (Å²) in [5, 5.41) is 6.82. The topological polar surface area (TPSA) is 33.3 Å². The normalized spacial score (nSPS) is 22.9. The Bertz CT molecular complexity index is 386. The first-order chi connectivity index (χ1) is 8.43. The van der Waals surface area contributed by atoms with Crippen molar-refractivity contribution in [3.63, 3.8) is 0 Å². The highest BCUT2D eigenvalue weighted by atomic mass is 16.5. The molecule has 0 saturated carbocycles. The SMILES string of the molecule is c1cc2c(c(OCC3CCCNC3)c1)CCN2. The summed E-state index contributed by atoms with van der Waals surface area (Å²) in [5.41, 5.74) is 2.61. The Morgan fingerprint density at radius 3 is 3.18 bits per heavy atom. The summed E-state index contributed by atoms with van der Waals surface area (Å²) in [7, 11) is 0. The molecule has 2 heterocycles. The van der Waals surface area contributed by atoms with Gasteiger partial charge in [0.15, 0.2) is 0 Å². The van der Waals surface area contributed by atoms with E-state index in [4.69, 9.17) is 4.74 Å². The van der Waals surface area contributed by atoms with Crippen LogP contribution in [0.1, 0.15) is 18.4 Å². The number of benzene rings is 1. The molecule has 0 bridgehead atoms. The van der Waals surface area contributed by atoms with Gasteiger partial charge in [-0.15, -0.1) is 0 Å². The molecular weight excluding hydrogens is 212 g/mol. The Kier molecular flexibility index (Phi) is 3.18. The summed E-state index contributed by atoms with van der Waals surface area (Å²) in [6.07, 6.45) is 3.66. The molecule has 2 aliphatic heterocycles. The summed E-state index contributed by atoms with van der Waals surface area (Å²) in [5.74, 6) is 1.76. The van der Waals surface area contributed by atoms with Crippen LogP contribution in [0.3, 0.4) is 0 Å². The molecule has 1 fully saturated rings. The molecule has 3 heteroatoms. The summed E-state index contributed by atoms with van der Waals surface area (Å²) in [6.45, 7) is 4.17. The van der Waals surface area contributed by atoms with Crippen LogP contribution >= 0.6 is 0 Å². The fraction of sp³-hybridized carbons (Fsp3) is 0.571. The quantitative estimate of drug-likeness (QED) is 0.836. The van der Waals surface area contributed by atoms with Crippen molar-refractivity contribution in [2.75, 3.05) is 31.6 Å². The van der Waals surface area contributed by atoms with E-state index >= 15 is 0 Å². The highest BCUT2D eigenvalue weighted by Gasteiger charge is 2.17. The molecular formula is C14H20N2O. The van der Waals surface area contributed by atoms with E-state index in [1.165, 1.54) is 30.6 Å². The lowest BCUT2D eigenvalue weighted by Gasteiger charge is -2.23. The largest absolute Gasteiger partial charge is 0.493 e. The summed E-state index contributed by atoms with van der Waals surface area (Å²) >= 11 is 0. The van der Waals surface area contributed by atoms with Gasteiger partial charge in [0.2, 0.25) is 0 Å². The Hall–Kier alpha value is -1.22. The monoisotopic (exact) mass is 232 g/mol. The van der Waals surface area contributed by atoms with Crippen molar-refractivity contribution >= 4 is 5.69 Å². The van der Waals surface area contributed by atoms with Gasteiger partial charge in [0.25, 0.3) is 0 Å². The molecule has 0 spiro atoms. The minimum Gasteiger partial charge on any atom is -0.493 e. The van der Waals surface area contributed by atoms with Gasteiger partial charge < -0.3 is 15.4 Å². The molecule has 0 radical (unpaired) electrons. The Morgan fingerprint density at radius 1 is 1.29 bits per heavy atom. The standard InChI is InChI=1S/C14H20N2O/c1-4-13-12(6-8-16-13)14(5-1)17-10-11-3-2-7-15-9-11/h1,4-5,11,15-16H,2-3,6-10H2. The third-order valence-corrected chi connectivity index (χ3v) is 3.70. The van der Waals surface area contributed by atoms with Crippen molar-refractivity contribution in [1.82, 2.24) is 5.32 Å². The van der Waals surface area contributed by atoms with E-state index in [0.717, 1.165) is 31.9 Å². The molecule has 2 N–H and O–H groups in total. The number of hydrogen-bond donors (Lipinski definition) is 2. The van der Waals surface area contributed by atoms with Gasteiger partial charge in [-0.3, -0.25) is 0 Å². The maximum Gasteiger partial charge on any atom is 0.124 e. The van der Waals surface area contributed by atoms with Crippen molar-refractivity contribution in [2.45, 2.75) is 19.3 Å². The maximum absolute atomic E-state index is 6.01. The van der Waals surface area contributed by atoms with E-state index in [1.54, 1.807) is 0 Å². The summed E-state index contributed by atoms with van der Waals surface area (Å²) in [4.78, 5) is 0. The lowest BCUT2D eigenvalue weighted by molar-refractivity contribution is 0.217. The molecule has 17 heavy (non-hydrogen) atoms. The minimum atomic E-state index is 0.675. The first kappa shape index (κ1) is 10.9. The molecule has 0 aromatic heterocycles. The molecule has 1 aromatic rings. The first-order valence-corrected chi connectivity index (χ1v) is 6.63. The Morgan fingerprint density at radius 2 is 2.29 bits per heavy atom. The number of nitrogens with one attached hydrogen (secondary N) is 2. The van der Waals surface area contributed by atoms with Crippen LogP contribution in [0.25, 0.3) is 0 Å². The zero-order valence-electron chi connectivity index (χ0n) is 10.2. The summed E-state index contributed by atoms with van der Waals surface area (Å²) in [6, 6.07) is 6.31.